The summed E-state index contributed by atoms with van der Waals surface area (Å²) in [6.45, 7) is 4.25. The highest BCUT2D eigenvalue weighted by Gasteiger charge is 2.39. The summed E-state index contributed by atoms with van der Waals surface area (Å²) >= 11 is 0. The molecule has 0 radical (unpaired) electrons. The number of hydrogen-bond acceptors (Lipinski definition) is 4. The molecule has 0 N–H and O–H groups in total. The summed E-state index contributed by atoms with van der Waals surface area (Å²) in [5, 5.41) is 0. The Bertz CT molecular complexity index is 276. The summed E-state index contributed by atoms with van der Waals surface area (Å²) in [5.74, 6) is 0. The molecule has 4 heteroatoms. The highest BCUT2D eigenvalue weighted by atomic mass is 16.5. The number of rotatable bonds is 3. The molecule has 0 amide bonds. The van der Waals surface area contributed by atoms with Crippen LogP contribution in [0.15, 0.2) is 0 Å². The zero-order chi connectivity index (χ0) is 11.7. The van der Waals surface area contributed by atoms with Gasteiger partial charge in [-0.1, -0.05) is 0 Å². The molecule has 0 aromatic heterocycles. The van der Waals surface area contributed by atoms with Crippen LogP contribution >= 0.6 is 0 Å². The zero-order valence-corrected chi connectivity index (χ0v) is 10.3. The molecule has 2 bridgehead atoms. The molecule has 3 aliphatic heterocycles. The summed E-state index contributed by atoms with van der Waals surface area (Å²) in [4.78, 5) is 13.8. The van der Waals surface area contributed by atoms with Gasteiger partial charge in [-0.3, -0.25) is 4.90 Å². The summed E-state index contributed by atoms with van der Waals surface area (Å²) < 4.78 is 11.3. The highest BCUT2D eigenvalue weighted by molar-refractivity contribution is 5.60. The minimum atomic E-state index is -0.255. The second-order valence-electron chi connectivity index (χ2n) is 5.79. The summed E-state index contributed by atoms with van der Waals surface area (Å²) in [5.41, 5.74) is -0.255. The third-order valence-electron chi connectivity index (χ3n) is 4.26. The fraction of sp³-hybridized carbons (Fsp3) is 0.923. The molecule has 0 aromatic rings. The lowest BCUT2D eigenvalue weighted by molar-refractivity contribution is -0.128. The first-order chi connectivity index (χ1) is 8.30. The predicted octanol–water partition coefficient (Wildman–Crippen LogP) is 0.845. The Morgan fingerprint density at radius 1 is 1.29 bits per heavy atom. The molecule has 0 saturated carbocycles. The number of ether oxygens (including phenoxy) is 2. The van der Waals surface area contributed by atoms with Crippen LogP contribution in [0.25, 0.3) is 0 Å². The normalized spacial score (nSPS) is 42.6. The Balaban J connectivity index is 1.63. The van der Waals surface area contributed by atoms with E-state index in [0.29, 0.717) is 18.8 Å². The topological polar surface area (TPSA) is 38.8 Å². The molecule has 3 heterocycles. The monoisotopic (exact) mass is 239 g/mol. The van der Waals surface area contributed by atoms with Crippen LogP contribution in [0.1, 0.15) is 25.7 Å². The molecule has 3 unspecified atom stereocenters. The molecule has 0 spiro atoms. The fourth-order valence-corrected chi connectivity index (χ4v) is 3.40. The summed E-state index contributed by atoms with van der Waals surface area (Å²) in [6.07, 6.45) is 6.30. The van der Waals surface area contributed by atoms with E-state index in [1.54, 1.807) is 0 Å². The lowest BCUT2D eigenvalue weighted by Crippen LogP contribution is -2.50. The van der Waals surface area contributed by atoms with E-state index in [-0.39, 0.29) is 5.41 Å². The van der Waals surface area contributed by atoms with E-state index < -0.39 is 0 Å². The second-order valence-corrected chi connectivity index (χ2v) is 5.79. The number of carbonyl (C=O) groups excluding carboxylic acids is 1. The van der Waals surface area contributed by atoms with Gasteiger partial charge < -0.3 is 14.3 Å². The van der Waals surface area contributed by atoms with Gasteiger partial charge in [0.1, 0.15) is 6.29 Å². The van der Waals surface area contributed by atoms with Crippen LogP contribution in [0.4, 0.5) is 0 Å². The molecule has 96 valence electrons. The van der Waals surface area contributed by atoms with Crippen molar-refractivity contribution in [2.24, 2.45) is 5.41 Å². The first kappa shape index (κ1) is 11.6. The van der Waals surface area contributed by atoms with Crippen molar-refractivity contribution in [1.29, 1.82) is 0 Å². The van der Waals surface area contributed by atoms with Crippen LogP contribution < -0.4 is 0 Å². The maximum absolute atomic E-state index is 11.4. The maximum atomic E-state index is 11.4. The van der Waals surface area contributed by atoms with Gasteiger partial charge in [0, 0.05) is 26.2 Å². The Hall–Kier alpha value is -0.450. The fourth-order valence-electron chi connectivity index (χ4n) is 3.40. The van der Waals surface area contributed by atoms with Crippen LogP contribution in [0.5, 0.6) is 0 Å². The molecule has 17 heavy (non-hydrogen) atoms. The summed E-state index contributed by atoms with van der Waals surface area (Å²) in [6, 6.07) is 0. The third-order valence-corrected chi connectivity index (χ3v) is 4.26. The average Bonchev–Trinajstić information content (AvgIpc) is 2.70. The van der Waals surface area contributed by atoms with Crippen LogP contribution in [0.3, 0.4) is 0 Å². The van der Waals surface area contributed by atoms with Gasteiger partial charge in [0.05, 0.1) is 24.2 Å². The Kier molecular flexibility index (Phi) is 3.19. The number of aldehydes is 1. The lowest BCUT2D eigenvalue weighted by atomic mass is 9.83. The van der Waals surface area contributed by atoms with Crippen molar-refractivity contribution in [3.8, 4) is 0 Å². The minimum Gasteiger partial charge on any atom is -0.380 e. The number of hydrogen-bond donors (Lipinski definition) is 0. The molecule has 0 aliphatic carbocycles. The summed E-state index contributed by atoms with van der Waals surface area (Å²) in [7, 11) is 0. The Morgan fingerprint density at radius 2 is 2.06 bits per heavy atom. The van der Waals surface area contributed by atoms with Crippen LogP contribution in [-0.4, -0.2) is 56.2 Å². The van der Waals surface area contributed by atoms with E-state index in [0.717, 1.165) is 45.4 Å². The minimum absolute atomic E-state index is 0.255. The number of fused-ring (bicyclic) bond motifs is 2. The van der Waals surface area contributed by atoms with Crippen molar-refractivity contribution in [1.82, 2.24) is 4.90 Å². The lowest BCUT2D eigenvalue weighted by Gasteiger charge is -2.40. The molecule has 0 aromatic carbocycles. The Morgan fingerprint density at radius 3 is 2.65 bits per heavy atom. The van der Waals surface area contributed by atoms with E-state index in [9.17, 15) is 4.79 Å². The Labute approximate surface area is 102 Å². The van der Waals surface area contributed by atoms with Gasteiger partial charge in [-0.25, -0.2) is 0 Å². The van der Waals surface area contributed by atoms with Crippen molar-refractivity contribution in [2.75, 3.05) is 32.8 Å². The third kappa shape index (κ3) is 2.39. The standard InChI is InChI=1S/C13H21NO3/c15-9-13(4-1-5-16-10-13)8-14-6-11-2-3-12(7-14)17-11/h9,11-12H,1-8,10H2. The van der Waals surface area contributed by atoms with Gasteiger partial charge in [-0.15, -0.1) is 0 Å². The van der Waals surface area contributed by atoms with Gasteiger partial charge in [-0.2, -0.15) is 0 Å². The zero-order valence-electron chi connectivity index (χ0n) is 10.3. The van der Waals surface area contributed by atoms with Gasteiger partial charge in [-0.05, 0) is 25.7 Å². The maximum Gasteiger partial charge on any atom is 0.129 e. The van der Waals surface area contributed by atoms with E-state index >= 15 is 0 Å². The van der Waals surface area contributed by atoms with Crippen LogP contribution in [0.2, 0.25) is 0 Å². The van der Waals surface area contributed by atoms with Gasteiger partial charge >= 0.3 is 0 Å². The van der Waals surface area contributed by atoms with Crippen molar-refractivity contribution in [3.63, 3.8) is 0 Å². The van der Waals surface area contributed by atoms with Gasteiger partial charge in [0.15, 0.2) is 0 Å². The molecule has 3 saturated heterocycles. The molecular formula is C13H21NO3. The number of morpholine rings is 1. The molecule has 3 aliphatic rings. The molecule has 4 nitrogen and oxygen atoms in total. The van der Waals surface area contributed by atoms with Gasteiger partial charge in [0.2, 0.25) is 0 Å². The van der Waals surface area contributed by atoms with Crippen molar-refractivity contribution in [3.05, 3.63) is 0 Å². The average molecular weight is 239 g/mol. The second kappa shape index (κ2) is 4.67. The van der Waals surface area contributed by atoms with Crippen molar-refractivity contribution >= 4 is 6.29 Å². The van der Waals surface area contributed by atoms with Crippen LogP contribution in [-0.2, 0) is 14.3 Å². The molecule has 3 atom stereocenters. The predicted molar refractivity (Wildman–Crippen MR) is 62.9 cm³/mol. The highest BCUT2D eigenvalue weighted by Crippen LogP contribution is 2.31. The number of nitrogens with zero attached hydrogens (tertiary/aromatic N) is 1. The quantitative estimate of drug-likeness (QED) is 0.684. The first-order valence-electron chi connectivity index (χ1n) is 6.72. The smallest absolute Gasteiger partial charge is 0.129 e. The van der Waals surface area contributed by atoms with Gasteiger partial charge in [0.25, 0.3) is 0 Å². The van der Waals surface area contributed by atoms with E-state index in [4.69, 9.17) is 9.47 Å². The molecular weight excluding hydrogens is 218 g/mol. The molecule has 3 rings (SSSR count). The molecule has 3 fully saturated rings. The number of likely N-dealkylation sites (tertiary alicyclic amines) is 1. The first-order valence-corrected chi connectivity index (χ1v) is 6.72. The number of carbonyl (C=O) groups is 1. The van der Waals surface area contributed by atoms with Crippen molar-refractivity contribution in [2.45, 2.75) is 37.9 Å². The van der Waals surface area contributed by atoms with E-state index in [1.807, 2.05) is 0 Å². The SMILES string of the molecule is O=CC1(CN2CC3CCC(C2)O3)CCCOC1. The van der Waals surface area contributed by atoms with E-state index in [2.05, 4.69) is 4.90 Å². The van der Waals surface area contributed by atoms with Crippen LogP contribution in [0, 0.1) is 5.41 Å². The largest absolute Gasteiger partial charge is 0.380 e. The van der Waals surface area contributed by atoms with Crippen molar-refractivity contribution < 1.29 is 14.3 Å². The van der Waals surface area contributed by atoms with E-state index in [1.165, 1.54) is 12.8 Å².